The van der Waals surface area contributed by atoms with Gasteiger partial charge in [-0.3, -0.25) is 0 Å². The Morgan fingerprint density at radius 2 is 2.25 bits per heavy atom. The Hall–Kier alpha value is 0.220. The van der Waals surface area contributed by atoms with E-state index < -0.39 is 0 Å². The summed E-state index contributed by atoms with van der Waals surface area (Å²) in [4.78, 5) is 0. The summed E-state index contributed by atoms with van der Waals surface area (Å²) < 4.78 is 0. The van der Waals surface area contributed by atoms with Crippen LogP contribution in [0.2, 0.25) is 0 Å². The molecule has 0 N–H and O–H groups in total. The number of rotatable bonds is 3. The van der Waals surface area contributed by atoms with Crippen molar-refractivity contribution in [1.82, 2.24) is 0 Å². The van der Waals surface area contributed by atoms with Gasteiger partial charge in [-0.1, -0.05) is 28.1 Å². The van der Waals surface area contributed by atoms with Gasteiger partial charge in [0.05, 0.1) is 0 Å². The van der Waals surface area contributed by atoms with Crippen molar-refractivity contribution in [2.75, 3.05) is 5.33 Å². The van der Waals surface area contributed by atoms with Gasteiger partial charge in [0, 0.05) is 5.33 Å². The van der Waals surface area contributed by atoms with E-state index >= 15 is 0 Å². The molecule has 0 atom stereocenters. The van der Waals surface area contributed by atoms with Crippen molar-refractivity contribution in [3.05, 3.63) is 12.2 Å². The molecule has 0 aliphatic heterocycles. The second-order valence-corrected chi connectivity index (χ2v) is 3.04. The zero-order chi connectivity index (χ0) is 5.82. The largest absolute Gasteiger partial charge is 0.0925 e. The molecule has 0 aromatic rings. The molecular weight excluding hydrogens is 164 g/mol. The Kier molecular flexibility index (Phi) is 2.60. The number of halogens is 1. The summed E-state index contributed by atoms with van der Waals surface area (Å²) in [6.07, 6.45) is 8.65. The van der Waals surface area contributed by atoms with E-state index in [0.717, 1.165) is 11.2 Å². The van der Waals surface area contributed by atoms with Crippen LogP contribution in [0.15, 0.2) is 12.2 Å². The molecule has 0 aromatic carbocycles. The molecule has 1 fully saturated rings. The maximum atomic E-state index is 3.37. The summed E-state index contributed by atoms with van der Waals surface area (Å²) in [7, 11) is 0. The average Bonchev–Trinajstić information content (AvgIpc) is 2.51. The van der Waals surface area contributed by atoms with Crippen LogP contribution in [0, 0.1) is 5.92 Å². The summed E-state index contributed by atoms with van der Waals surface area (Å²) in [6.45, 7) is 0. The average molecular weight is 175 g/mol. The number of hydrogen-bond donors (Lipinski definition) is 0. The molecule has 0 radical (unpaired) electrons. The maximum Gasteiger partial charge on any atom is 0.00659 e. The summed E-state index contributed by atoms with van der Waals surface area (Å²) in [5, 5.41) is 1.11. The van der Waals surface area contributed by atoms with E-state index in [2.05, 4.69) is 28.1 Å². The first-order chi connectivity index (χ1) is 3.93. The first kappa shape index (κ1) is 6.34. The Balaban J connectivity index is 1.96. The zero-order valence-electron chi connectivity index (χ0n) is 4.94. The predicted molar refractivity (Wildman–Crippen MR) is 40.3 cm³/mol. The van der Waals surface area contributed by atoms with Crippen LogP contribution < -0.4 is 0 Å². The Morgan fingerprint density at radius 1 is 1.50 bits per heavy atom. The molecule has 0 saturated heterocycles. The Bertz CT molecular complexity index is 82.4. The molecular formula is C7H11Br. The van der Waals surface area contributed by atoms with Crippen LogP contribution in [-0.4, -0.2) is 5.33 Å². The third kappa shape index (κ3) is 2.51. The smallest absolute Gasteiger partial charge is 0.00659 e. The molecule has 0 nitrogen and oxygen atoms in total. The number of allylic oxidation sites excluding steroid dienone is 2. The van der Waals surface area contributed by atoms with Gasteiger partial charge in [0.2, 0.25) is 0 Å². The van der Waals surface area contributed by atoms with Crippen molar-refractivity contribution in [2.45, 2.75) is 19.3 Å². The topological polar surface area (TPSA) is 0 Å². The molecule has 0 aromatic heterocycles. The van der Waals surface area contributed by atoms with E-state index in [1.165, 1.54) is 19.3 Å². The molecule has 1 heteroatoms. The van der Waals surface area contributed by atoms with E-state index in [9.17, 15) is 0 Å². The third-order valence-electron chi connectivity index (χ3n) is 1.31. The third-order valence-corrected chi connectivity index (χ3v) is 1.76. The van der Waals surface area contributed by atoms with Crippen molar-refractivity contribution in [1.29, 1.82) is 0 Å². The van der Waals surface area contributed by atoms with E-state index in [0.29, 0.717) is 0 Å². The minimum absolute atomic E-state index is 0.953. The van der Waals surface area contributed by atoms with Gasteiger partial charge < -0.3 is 0 Å². The van der Waals surface area contributed by atoms with Crippen molar-refractivity contribution in [3.8, 4) is 0 Å². The maximum absolute atomic E-state index is 3.37. The first-order valence-electron chi connectivity index (χ1n) is 3.16. The van der Waals surface area contributed by atoms with E-state index in [1.54, 1.807) is 0 Å². The minimum Gasteiger partial charge on any atom is -0.0925 e. The standard InChI is InChI=1S/C7H11Br/c8-6-2-1-3-7-4-5-7/h1,3,7H,2,4-6H2. The highest BCUT2D eigenvalue weighted by Crippen LogP contribution is 2.30. The molecule has 0 amide bonds. The molecule has 1 rings (SSSR count). The molecule has 0 spiro atoms. The van der Waals surface area contributed by atoms with E-state index in [4.69, 9.17) is 0 Å². The fourth-order valence-corrected chi connectivity index (χ4v) is 0.905. The Morgan fingerprint density at radius 3 is 2.75 bits per heavy atom. The molecule has 1 aliphatic carbocycles. The van der Waals surface area contributed by atoms with Gasteiger partial charge in [0.1, 0.15) is 0 Å². The second kappa shape index (κ2) is 3.29. The fraction of sp³-hybridized carbons (Fsp3) is 0.714. The molecule has 1 saturated carbocycles. The van der Waals surface area contributed by atoms with Crippen LogP contribution in [0.4, 0.5) is 0 Å². The lowest BCUT2D eigenvalue weighted by molar-refractivity contribution is 1.09. The van der Waals surface area contributed by atoms with Crippen molar-refractivity contribution in [2.24, 2.45) is 5.92 Å². The first-order valence-corrected chi connectivity index (χ1v) is 4.28. The molecule has 1 aliphatic rings. The van der Waals surface area contributed by atoms with Crippen LogP contribution in [0.1, 0.15) is 19.3 Å². The monoisotopic (exact) mass is 174 g/mol. The highest BCUT2D eigenvalue weighted by molar-refractivity contribution is 9.09. The van der Waals surface area contributed by atoms with Gasteiger partial charge in [-0.25, -0.2) is 0 Å². The zero-order valence-corrected chi connectivity index (χ0v) is 6.52. The quantitative estimate of drug-likeness (QED) is 0.457. The normalized spacial score (nSPS) is 20.1. The van der Waals surface area contributed by atoms with Gasteiger partial charge in [0.25, 0.3) is 0 Å². The van der Waals surface area contributed by atoms with Crippen molar-refractivity contribution < 1.29 is 0 Å². The Labute approximate surface area is 59.1 Å². The second-order valence-electron chi connectivity index (χ2n) is 2.24. The fourth-order valence-electron chi connectivity index (χ4n) is 0.640. The van der Waals surface area contributed by atoms with E-state index in [-0.39, 0.29) is 0 Å². The molecule has 0 bridgehead atoms. The summed E-state index contributed by atoms with van der Waals surface area (Å²) in [5.41, 5.74) is 0. The van der Waals surface area contributed by atoms with Gasteiger partial charge in [-0.15, -0.1) is 0 Å². The molecule has 0 heterocycles. The molecule has 0 unspecified atom stereocenters. The van der Waals surface area contributed by atoms with Crippen LogP contribution in [0.5, 0.6) is 0 Å². The summed E-state index contributed by atoms with van der Waals surface area (Å²) in [6, 6.07) is 0. The van der Waals surface area contributed by atoms with Crippen LogP contribution in [-0.2, 0) is 0 Å². The van der Waals surface area contributed by atoms with Gasteiger partial charge in [0.15, 0.2) is 0 Å². The summed E-state index contributed by atoms with van der Waals surface area (Å²) in [5.74, 6) is 0.953. The van der Waals surface area contributed by atoms with E-state index in [1.807, 2.05) is 0 Å². The molecule has 46 valence electrons. The lowest BCUT2D eigenvalue weighted by Gasteiger charge is -1.80. The van der Waals surface area contributed by atoms with Crippen LogP contribution in [0.25, 0.3) is 0 Å². The van der Waals surface area contributed by atoms with Gasteiger partial charge in [-0.2, -0.15) is 0 Å². The lowest BCUT2D eigenvalue weighted by atomic mass is 10.3. The van der Waals surface area contributed by atoms with Gasteiger partial charge in [-0.05, 0) is 25.2 Å². The highest BCUT2D eigenvalue weighted by Gasteiger charge is 2.16. The highest BCUT2D eigenvalue weighted by atomic mass is 79.9. The van der Waals surface area contributed by atoms with Crippen LogP contribution in [0.3, 0.4) is 0 Å². The SMILES string of the molecule is BrCCC=CC1CC1. The van der Waals surface area contributed by atoms with Crippen molar-refractivity contribution in [3.63, 3.8) is 0 Å². The number of alkyl halides is 1. The van der Waals surface area contributed by atoms with Gasteiger partial charge >= 0.3 is 0 Å². The predicted octanol–water partition coefficient (Wildman–Crippen LogP) is 2.74. The number of hydrogen-bond acceptors (Lipinski definition) is 0. The summed E-state index contributed by atoms with van der Waals surface area (Å²) >= 11 is 3.37. The lowest BCUT2D eigenvalue weighted by Crippen LogP contribution is -1.66. The molecule has 8 heavy (non-hydrogen) atoms. The minimum atomic E-state index is 0.953. The van der Waals surface area contributed by atoms with Crippen molar-refractivity contribution >= 4 is 15.9 Å². The van der Waals surface area contributed by atoms with Crippen LogP contribution >= 0.6 is 15.9 Å².